The molecule has 214 valence electrons. The van der Waals surface area contributed by atoms with Crippen molar-refractivity contribution in [3.63, 3.8) is 0 Å². The number of amides is 1. The average molecular weight is 547 g/mol. The lowest BCUT2D eigenvalue weighted by Crippen LogP contribution is -2.45. The van der Waals surface area contributed by atoms with Gasteiger partial charge in [-0.1, -0.05) is 56.3 Å². The zero-order valence-corrected chi connectivity index (χ0v) is 24.3. The lowest BCUT2D eigenvalue weighted by Gasteiger charge is -2.38. The summed E-state index contributed by atoms with van der Waals surface area (Å²) < 4.78 is 12.7. The van der Waals surface area contributed by atoms with Gasteiger partial charge >= 0.3 is 5.97 Å². The van der Waals surface area contributed by atoms with Gasteiger partial charge in [-0.05, 0) is 69.7 Å². The second kappa shape index (κ2) is 12.6. The van der Waals surface area contributed by atoms with E-state index in [1.54, 1.807) is 13.1 Å². The van der Waals surface area contributed by atoms with Crippen LogP contribution in [0.15, 0.2) is 60.8 Å². The molecule has 1 aromatic heterocycles. The highest BCUT2D eigenvalue weighted by Gasteiger charge is 2.38. The van der Waals surface area contributed by atoms with E-state index in [0.717, 1.165) is 36.4 Å². The number of ether oxygens (including phenoxy) is 2. The zero-order valence-electron chi connectivity index (χ0n) is 24.3. The van der Waals surface area contributed by atoms with Gasteiger partial charge < -0.3 is 20.1 Å². The van der Waals surface area contributed by atoms with Crippen molar-refractivity contribution < 1.29 is 19.1 Å². The number of anilines is 1. The maximum absolute atomic E-state index is 13.8. The zero-order chi connectivity index (χ0) is 28.8. The molecular weight excluding hydrogens is 504 g/mol. The van der Waals surface area contributed by atoms with Crippen LogP contribution in [0.2, 0.25) is 0 Å². The third-order valence-electron chi connectivity index (χ3n) is 7.87. The van der Waals surface area contributed by atoms with E-state index in [4.69, 9.17) is 9.47 Å². The SMILES string of the molecule is CCOC(=O)CCCOc1ccc(C(CC)(CC)NC(=O)c2cnn3c2NC(c2ccccc2)CC3(C)C)cc1. The van der Waals surface area contributed by atoms with Gasteiger partial charge in [0.15, 0.2) is 0 Å². The second-order valence-corrected chi connectivity index (χ2v) is 11.0. The summed E-state index contributed by atoms with van der Waals surface area (Å²) in [4.78, 5) is 25.3. The summed E-state index contributed by atoms with van der Waals surface area (Å²) in [6.07, 6.45) is 4.92. The number of nitrogens with one attached hydrogen (secondary N) is 2. The first kappa shape index (κ1) is 29.2. The van der Waals surface area contributed by atoms with Crippen molar-refractivity contribution in [1.29, 1.82) is 0 Å². The maximum atomic E-state index is 13.8. The highest BCUT2D eigenvalue weighted by atomic mass is 16.5. The molecule has 0 bridgehead atoms. The van der Waals surface area contributed by atoms with Crippen LogP contribution in [0, 0.1) is 0 Å². The van der Waals surface area contributed by atoms with E-state index in [1.165, 1.54) is 5.56 Å². The number of esters is 1. The van der Waals surface area contributed by atoms with E-state index in [9.17, 15) is 9.59 Å². The standard InChI is InChI=1S/C32H42N4O4/c1-6-32(7-2,24-16-18-25(19-17-24)40-20-12-15-28(37)39-8-3)35-30(38)26-22-33-36-29(26)34-27(21-31(36,4)5)23-13-10-9-11-14-23/h9-11,13-14,16-19,22,27,34H,6-8,12,15,20-21H2,1-5H3,(H,35,38). The molecule has 2 aromatic carbocycles. The Labute approximate surface area is 237 Å². The third-order valence-corrected chi connectivity index (χ3v) is 7.87. The van der Waals surface area contributed by atoms with Crippen molar-refractivity contribution in [2.45, 2.75) is 83.8 Å². The Morgan fingerprint density at radius 1 is 1.07 bits per heavy atom. The molecule has 0 fully saturated rings. The summed E-state index contributed by atoms with van der Waals surface area (Å²) in [5.74, 6) is 1.11. The fourth-order valence-corrected chi connectivity index (χ4v) is 5.50. The minimum atomic E-state index is -0.544. The first-order valence-corrected chi connectivity index (χ1v) is 14.3. The van der Waals surface area contributed by atoms with Gasteiger partial charge in [-0.25, -0.2) is 4.68 Å². The molecule has 8 heteroatoms. The molecule has 0 aliphatic carbocycles. The van der Waals surface area contributed by atoms with E-state index in [1.807, 2.05) is 47.1 Å². The van der Waals surface area contributed by atoms with Gasteiger partial charge in [0.2, 0.25) is 0 Å². The molecule has 0 radical (unpaired) electrons. The molecule has 40 heavy (non-hydrogen) atoms. The number of hydrogen-bond donors (Lipinski definition) is 2. The third kappa shape index (κ3) is 6.32. The van der Waals surface area contributed by atoms with Crippen molar-refractivity contribution >= 4 is 17.7 Å². The fourth-order valence-electron chi connectivity index (χ4n) is 5.50. The van der Waals surface area contributed by atoms with Gasteiger partial charge in [0.05, 0.1) is 36.5 Å². The van der Waals surface area contributed by atoms with Gasteiger partial charge in [0.25, 0.3) is 5.91 Å². The van der Waals surface area contributed by atoms with E-state index in [2.05, 4.69) is 55.6 Å². The number of rotatable bonds is 12. The van der Waals surface area contributed by atoms with E-state index in [-0.39, 0.29) is 23.5 Å². The van der Waals surface area contributed by atoms with Crippen LogP contribution in [0.1, 0.15) is 94.2 Å². The van der Waals surface area contributed by atoms with Crippen molar-refractivity contribution in [2.75, 3.05) is 18.5 Å². The van der Waals surface area contributed by atoms with Crippen LogP contribution in [0.5, 0.6) is 5.75 Å². The second-order valence-electron chi connectivity index (χ2n) is 11.0. The number of nitrogens with zero attached hydrogens (tertiary/aromatic N) is 2. The molecule has 2 N–H and O–H groups in total. The van der Waals surface area contributed by atoms with E-state index < -0.39 is 5.54 Å². The van der Waals surface area contributed by atoms with Crippen LogP contribution in [0.4, 0.5) is 5.82 Å². The summed E-state index contributed by atoms with van der Waals surface area (Å²) in [7, 11) is 0. The predicted octanol–water partition coefficient (Wildman–Crippen LogP) is 6.34. The normalized spacial score (nSPS) is 16.0. The molecular formula is C32H42N4O4. The number of aromatic nitrogens is 2. The molecule has 1 unspecified atom stereocenters. The van der Waals surface area contributed by atoms with Gasteiger partial charge in [-0.3, -0.25) is 9.59 Å². The molecule has 3 aromatic rings. The molecule has 2 heterocycles. The summed E-state index contributed by atoms with van der Waals surface area (Å²) in [6.45, 7) is 11.1. The summed E-state index contributed by atoms with van der Waals surface area (Å²) in [5.41, 5.74) is 1.95. The lowest BCUT2D eigenvalue weighted by atomic mass is 9.84. The Hall–Kier alpha value is -3.81. The highest BCUT2D eigenvalue weighted by molar-refractivity contribution is 5.99. The van der Waals surface area contributed by atoms with Gasteiger partial charge in [0.1, 0.15) is 17.1 Å². The van der Waals surface area contributed by atoms with E-state index in [0.29, 0.717) is 31.6 Å². The Bertz CT molecular complexity index is 1280. The Kier molecular flexibility index (Phi) is 9.17. The Morgan fingerprint density at radius 3 is 2.42 bits per heavy atom. The van der Waals surface area contributed by atoms with Crippen molar-refractivity contribution in [2.24, 2.45) is 0 Å². The molecule has 0 saturated heterocycles. The monoisotopic (exact) mass is 546 g/mol. The number of fused-ring (bicyclic) bond motifs is 1. The van der Waals surface area contributed by atoms with Crippen molar-refractivity contribution in [3.8, 4) is 5.75 Å². The van der Waals surface area contributed by atoms with Gasteiger partial charge in [-0.2, -0.15) is 5.10 Å². The van der Waals surface area contributed by atoms with Crippen LogP contribution >= 0.6 is 0 Å². The van der Waals surface area contributed by atoms with Gasteiger partial charge in [0, 0.05) is 6.42 Å². The lowest BCUT2D eigenvalue weighted by molar-refractivity contribution is -0.143. The summed E-state index contributed by atoms with van der Waals surface area (Å²) >= 11 is 0. The van der Waals surface area contributed by atoms with Crippen molar-refractivity contribution in [1.82, 2.24) is 15.1 Å². The van der Waals surface area contributed by atoms with Gasteiger partial charge in [-0.15, -0.1) is 0 Å². The molecule has 0 spiro atoms. The average Bonchev–Trinajstić information content (AvgIpc) is 3.40. The number of carbonyl (C=O) groups is 2. The van der Waals surface area contributed by atoms with Crippen LogP contribution in [0.25, 0.3) is 0 Å². The minimum absolute atomic E-state index is 0.0823. The Morgan fingerprint density at radius 2 is 1.77 bits per heavy atom. The van der Waals surface area contributed by atoms with Crippen LogP contribution in [-0.2, 0) is 20.6 Å². The van der Waals surface area contributed by atoms with Crippen molar-refractivity contribution in [3.05, 3.63) is 77.5 Å². The number of hydrogen-bond acceptors (Lipinski definition) is 6. The number of carbonyl (C=O) groups excluding carboxylic acids is 2. The Balaban J connectivity index is 1.49. The van der Waals surface area contributed by atoms with E-state index >= 15 is 0 Å². The molecule has 0 saturated carbocycles. The highest BCUT2D eigenvalue weighted by Crippen LogP contribution is 2.40. The minimum Gasteiger partial charge on any atom is -0.494 e. The summed E-state index contributed by atoms with van der Waals surface area (Å²) in [5, 5.41) is 11.6. The molecule has 1 atom stereocenters. The van der Waals surface area contributed by atoms with Crippen LogP contribution < -0.4 is 15.4 Å². The number of benzene rings is 2. The molecule has 1 amide bonds. The van der Waals surface area contributed by atoms with Crippen LogP contribution in [-0.4, -0.2) is 34.9 Å². The topological polar surface area (TPSA) is 94.5 Å². The maximum Gasteiger partial charge on any atom is 0.305 e. The molecule has 1 aliphatic heterocycles. The van der Waals surface area contributed by atoms with Crippen LogP contribution in [0.3, 0.4) is 0 Å². The first-order chi connectivity index (χ1) is 19.2. The molecule has 8 nitrogen and oxygen atoms in total. The largest absolute Gasteiger partial charge is 0.494 e. The summed E-state index contributed by atoms with van der Waals surface area (Å²) in [6, 6.07) is 18.3. The smallest absolute Gasteiger partial charge is 0.305 e. The molecule has 4 rings (SSSR count). The fraction of sp³-hybridized carbons (Fsp3) is 0.469. The quantitative estimate of drug-likeness (QED) is 0.203. The first-order valence-electron chi connectivity index (χ1n) is 14.3. The molecule has 1 aliphatic rings. The predicted molar refractivity (Wildman–Crippen MR) is 157 cm³/mol.